The highest BCUT2D eigenvalue weighted by Gasteiger charge is 2.17. The molecule has 1 aromatic carbocycles. The molecule has 1 rings (SSSR count). The van der Waals surface area contributed by atoms with Crippen LogP contribution in [0, 0.1) is 6.92 Å². The van der Waals surface area contributed by atoms with Crippen molar-refractivity contribution in [3.63, 3.8) is 0 Å². The fourth-order valence-corrected chi connectivity index (χ4v) is 1.94. The van der Waals surface area contributed by atoms with Gasteiger partial charge in [0.15, 0.2) is 0 Å². The van der Waals surface area contributed by atoms with Gasteiger partial charge in [-0.05, 0) is 57.9 Å². The number of rotatable bonds is 7. The monoisotopic (exact) mass is 321 g/mol. The average molecular weight is 321 g/mol. The normalized spacial score (nSPS) is 12.9. The molecule has 3 N–H and O–H groups in total. The van der Waals surface area contributed by atoms with Gasteiger partial charge in [-0.2, -0.15) is 0 Å². The van der Waals surface area contributed by atoms with Gasteiger partial charge in [0.05, 0.1) is 6.61 Å². The van der Waals surface area contributed by atoms with Gasteiger partial charge in [-0.25, -0.2) is 4.79 Å². The molecule has 0 radical (unpaired) electrons. The van der Waals surface area contributed by atoms with Gasteiger partial charge < -0.3 is 20.7 Å². The number of benzene rings is 1. The van der Waals surface area contributed by atoms with Crippen LogP contribution in [0.2, 0.25) is 0 Å². The van der Waals surface area contributed by atoms with Crippen molar-refractivity contribution in [2.75, 3.05) is 11.9 Å². The van der Waals surface area contributed by atoms with Crippen LogP contribution in [0.3, 0.4) is 0 Å². The van der Waals surface area contributed by atoms with Crippen molar-refractivity contribution >= 4 is 17.6 Å². The number of ether oxygens (including phenoxy) is 1. The Morgan fingerprint density at radius 2 is 1.87 bits per heavy atom. The SMILES string of the molecule is CCOc1ccc(NC(=O)N[C@H](C)C(=O)N[C@H](C)CC)cc1C. The van der Waals surface area contributed by atoms with Crippen LogP contribution in [0.4, 0.5) is 10.5 Å². The van der Waals surface area contributed by atoms with Crippen LogP contribution >= 0.6 is 0 Å². The molecule has 0 bridgehead atoms. The number of carbonyl (C=O) groups is 2. The molecule has 0 spiro atoms. The first-order valence-electron chi connectivity index (χ1n) is 7.98. The molecule has 0 aliphatic rings. The maximum absolute atomic E-state index is 12.0. The number of aryl methyl sites for hydroxylation is 1. The van der Waals surface area contributed by atoms with E-state index in [0.29, 0.717) is 12.3 Å². The fraction of sp³-hybridized carbons (Fsp3) is 0.529. The van der Waals surface area contributed by atoms with Gasteiger partial charge in [0.25, 0.3) is 0 Å². The molecule has 128 valence electrons. The Hall–Kier alpha value is -2.24. The smallest absolute Gasteiger partial charge is 0.319 e. The molecular formula is C17H27N3O3. The molecule has 6 nitrogen and oxygen atoms in total. The molecule has 0 aliphatic carbocycles. The standard InChI is InChI=1S/C17H27N3O3/c1-6-12(4)18-16(21)13(5)19-17(22)20-14-8-9-15(23-7-2)11(3)10-14/h8-10,12-13H,6-7H2,1-5H3,(H,18,21)(H2,19,20,22)/t12-,13-/m1/s1. The van der Waals surface area contributed by atoms with E-state index >= 15 is 0 Å². The number of nitrogens with one attached hydrogen (secondary N) is 3. The quantitative estimate of drug-likeness (QED) is 0.722. The third kappa shape index (κ3) is 6.18. The maximum atomic E-state index is 12.0. The predicted octanol–water partition coefficient (Wildman–Crippen LogP) is 2.82. The second-order valence-corrected chi connectivity index (χ2v) is 5.55. The highest BCUT2D eigenvalue weighted by Crippen LogP contribution is 2.21. The number of urea groups is 1. The first-order chi connectivity index (χ1) is 10.9. The van der Waals surface area contributed by atoms with E-state index in [4.69, 9.17) is 4.74 Å². The van der Waals surface area contributed by atoms with E-state index < -0.39 is 12.1 Å². The Bertz CT molecular complexity index is 546. The third-order valence-corrected chi connectivity index (χ3v) is 3.47. The van der Waals surface area contributed by atoms with Crippen molar-refractivity contribution in [3.05, 3.63) is 23.8 Å². The lowest BCUT2D eigenvalue weighted by molar-refractivity contribution is -0.123. The van der Waals surface area contributed by atoms with Gasteiger partial charge in [0.2, 0.25) is 5.91 Å². The van der Waals surface area contributed by atoms with E-state index in [1.807, 2.05) is 39.8 Å². The minimum atomic E-state index is -0.604. The van der Waals surface area contributed by atoms with Crippen LogP contribution in [-0.2, 0) is 4.79 Å². The van der Waals surface area contributed by atoms with Gasteiger partial charge in [0.1, 0.15) is 11.8 Å². The van der Waals surface area contributed by atoms with Gasteiger partial charge in [0, 0.05) is 11.7 Å². The van der Waals surface area contributed by atoms with Gasteiger partial charge in [-0.15, -0.1) is 0 Å². The van der Waals surface area contributed by atoms with Crippen LogP contribution in [0.1, 0.15) is 39.7 Å². The number of hydrogen-bond acceptors (Lipinski definition) is 3. The van der Waals surface area contributed by atoms with E-state index in [0.717, 1.165) is 17.7 Å². The topological polar surface area (TPSA) is 79.5 Å². The lowest BCUT2D eigenvalue weighted by Gasteiger charge is -2.18. The Balaban J connectivity index is 2.56. The van der Waals surface area contributed by atoms with Crippen molar-refractivity contribution in [3.8, 4) is 5.75 Å². The zero-order valence-corrected chi connectivity index (χ0v) is 14.5. The molecule has 0 heterocycles. The van der Waals surface area contributed by atoms with Gasteiger partial charge >= 0.3 is 6.03 Å². The molecule has 0 unspecified atom stereocenters. The first-order valence-corrected chi connectivity index (χ1v) is 7.98. The minimum Gasteiger partial charge on any atom is -0.494 e. The molecule has 2 atom stereocenters. The van der Waals surface area contributed by atoms with E-state index in [2.05, 4.69) is 16.0 Å². The molecule has 23 heavy (non-hydrogen) atoms. The highest BCUT2D eigenvalue weighted by atomic mass is 16.5. The molecule has 0 fully saturated rings. The van der Waals surface area contributed by atoms with Crippen LogP contribution in [-0.4, -0.2) is 30.6 Å². The highest BCUT2D eigenvalue weighted by molar-refractivity contribution is 5.93. The maximum Gasteiger partial charge on any atom is 0.319 e. The largest absolute Gasteiger partial charge is 0.494 e. The molecule has 6 heteroatoms. The summed E-state index contributed by atoms with van der Waals surface area (Å²) in [4.78, 5) is 23.9. The molecule has 3 amide bonds. The summed E-state index contributed by atoms with van der Waals surface area (Å²) in [5.41, 5.74) is 1.59. The van der Waals surface area contributed by atoms with E-state index in [1.165, 1.54) is 0 Å². The van der Waals surface area contributed by atoms with E-state index in [-0.39, 0.29) is 11.9 Å². The van der Waals surface area contributed by atoms with Crippen molar-refractivity contribution < 1.29 is 14.3 Å². The summed E-state index contributed by atoms with van der Waals surface area (Å²) in [5, 5.41) is 8.17. The molecule has 0 saturated carbocycles. The number of amides is 3. The summed E-state index contributed by atoms with van der Waals surface area (Å²) in [6.45, 7) is 10.00. The second-order valence-electron chi connectivity index (χ2n) is 5.55. The Morgan fingerprint density at radius 3 is 2.43 bits per heavy atom. The van der Waals surface area contributed by atoms with Crippen LogP contribution in [0.25, 0.3) is 0 Å². The third-order valence-electron chi connectivity index (χ3n) is 3.47. The zero-order chi connectivity index (χ0) is 17.4. The van der Waals surface area contributed by atoms with Gasteiger partial charge in [-0.3, -0.25) is 4.79 Å². The van der Waals surface area contributed by atoms with Crippen LogP contribution in [0.5, 0.6) is 5.75 Å². The molecule has 0 aromatic heterocycles. The van der Waals surface area contributed by atoms with Crippen LogP contribution < -0.4 is 20.7 Å². The summed E-state index contributed by atoms with van der Waals surface area (Å²) in [6, 6.07) is 4.47. The lowest BCUT2D eigenvalue weighted by atomic mass is 10.2. The molecule has 1 aromatic rings. The molecule has 0 saturated heterocycles. The summed E-state index contributed by atoms with van der Waals surface area (Å²) >= 11 is 0. The summed E-state index contributed by atoms with van der Waals surface area (Å²) in [7, 11) is 0. The fourth-order valence-electron chi connectivity index (χ4n) is 1.94. The van der Waals surface area contributed by atoms with Crippen molar-refractivity contribution in [1.29, 1.82) is 0 Å². The zero-order valence-electron chi connectivity index (χ0n) is 14.5. The minimum absolute atomic E-state index is 0.0866. The Kier molecular flexibility index (Phi) is 7.38. The summed E-state index contributed by atoms with van der Waals surface area (Å²) < 4.78 is 5.46. The lowest BCUT2D eigenvalue weighted by Crippen LogP contribution is -2.48. The average Bonchev–Trinajstić information content (AvgIpc) is 2.49. The molecular weight excluding hydrogens is 294 g/mol. The van der Waals surface area contributed by atoms with E-state index in [9.17, 15) is 9.59 Å². The van der Waals surface area contributed by atoms with Crippen LogP contribution in [0.15, 0.2) is 18.2 Å². The Labute approximate surface area is 138 Å². The molecule has 0 aliphatic heterocycles. The van der Waals surface area contributed by atoms with E-state index in [1.54, 1.807) is 13.0 Å². The van der Waals surface area contributed by atoms with Crippen molar-refractivity contribution in [1.82, 2.24) is 10.6 Å². The second kappa shape index (κ2) is 9.02. The summed E-state index contributed by atoms with van der Waals surface area (Å²) in [5.74, 6) is 0.595. The predicted molar refractivity (Wildman–Crippen MR) is 91.9 cm³/mol. The van der Waals surface area contributed by atoms with Crippen molar-refractivity contribution in [2.24, 2.45) is 0 Å². The van der Waals surface area contributed by atoms with Crippen molar-refractivity contribution in [2.45, 2.75) is 53.1 Å². The number of carbonyl (C=O) groups excluding carboxylic acids is 2. The number of anilines is 1. The van der Waals surface area contributed by atoms with Gasteiger partial charge in [-0.1, -0.05) is 6.92 Å². The Morgan fingerprint density at radius 1 is 1.17 bits per heavy atom. The number of hydrogen-bond donors (Lipinski definition) is 3. The summed E-state index contributed by atoms with van der Waals surface area (Å²) in [6.07, 6.45) is 0.843. The first kappa shape index (κ1) is 18.8.